The van der Waals surface area contributed by atoms with Crippen LogP contribution in [0.25, 0.3) is 0 Å². The molecule has 0 radical (unpaired) electrons. The lowest BCUT2D eigenvalue weighted by Gasteiger charge is -2.47. The average Bonchev–Trinajstić information content (AvgIpc) is 2.78. The molecule has 1 aromatic carbocycles. The fourth-order valence-electron chi connectivity index (χ4n) is 5.42. The molecule has 194 valence electrons. The number of piperazine rings is 1. The Labute approximate surface area is 201 Å². The topological polar surface area (TPSA) is 70.1 Å². The third-order valence-electron chi connectivity index (χ3n) is 7.60. The van der Waals surface area contributed by atoms with Gasteiger partial charge < -0.3 is 14.7 Å². The van der Waals surface area contributed by atoms with Crippen LogP contribution in [0.1, 0.15) is 45.1 Å². The number of aliphatic hydroxyl groups is 1. The van der Waals surface area contributed by atoms with E-state index in [0.29, 0.717) is 37.4 Å². The lowest BCUT2D eigenvalue weighted by molar-refractivity contribution is -0.282. The highest BCUT2D eigenvalue weighted by Crippen LogP contribution is 2.45. The molecule has 0 amide bonds. The van der Waals surface area contributed by atoms with Gasteiger partial charge in [-0.15, -0.1) is 0 Å². The van der Waals surface area contributed by atoms with Crippen molar-refractivity contribution in [1.82, 2.24) is 4.90 Å². The smallest absolute Gasteiger partial charge is 0.392 e. The number of aliphatic hydroxyl groups excluding tert-OH is 1. The van der Waals surface area contributed by atoms with E-state index in [4.69, 9.17) is 4.74 Å². The summed E-state index contributed by atoms with van der Waals surface area (Å²) < 4.78 is 69.9. The zero-order valence-electron chi connectivity index (χ0n) is 20.4. The van der Waals surface area contributed by atoms with Crippen LogP contribution in [0.15, 0.2) is 23.1 Å². The Balaban J connectivity index is 1.70. The molecule has 2 fully saturated rings. The zero-order chi connectivity index (χ0) is 25.3. The molecular weight excluding hydrogens is 469 g/mol. The molecule has 2 aliphatic rings. The number of hydrogen-bond donors (Lipinski definition) is 1. The molecule has 3 rings (SSSR count). The van der Waals surface area contributed by atoms with Crippen LogP contribution < -0.4 is 4.90 Å². The monoisotopic (exact) mass is 506 g/mol. The van der Waals surface area contributed by atoms with E-state index in [1.807, 2.05) is 6.07 Å². The van der Waals surface area contributed by atoms with Gasteiger partial charge in [-0.05, 0) is 55.2 Å². The number of benzene rings is 1. The number of hydrogen-bond acceptors (Lipinski definition) is 6. The SMILES string of the molecule is CO[C@]1(C(F)(F)F)CC[C@H](CN2CCN(c3ccc(CO)c(S(C)(=O)=O)c3)C[C@@H]2C(C)C)CC1. The van der Waals surface area contributed by atoms with E-state index < -0.39 is 21.6 Å². The molecule has 0 unspecified atom stereocenters. The van der Waals surface area contributed by atoms with E-state index in [9.17, 15) is 26.7 Å². The minimum absolute atomic E-state index is 0.00451. The van der Waals surface area contributed by atoms with Crippen molar-refractivity contribution in [3.05, 3.63) is 23.8 Å². The van der Waals surface area contributed by atoms with Crippen LogP contribution in [0.3, 0.4) is 0 Å². The zero-order valence-corrected chi connectivity index (χ0v) is 21.3. The van der Waals surface area contributed by atoms with Gasteiger partial charge in [0.25, 0.3) is 0 Å². The first-order valence-corrected chi connectivity index (χ1v) is 13.7. The number of halogens is 3. The lowest BCUT2D eigenvalue weighted by Crippen LogP contribution is -2.57. The van der Waals surface area contributed by atoms with E-state index in [1.165, 1.54) is 0 Å². The predicted molar refractivity (Wildman–Crippen MR) is 126 cm³/mol. The average molecular weight is 507 g/mol. The van der Waals surface area contributed by atoms with Crippen LogP contribution in [0.2, 0.25) is 0 Å². The van der Waals surface area contributed by atoms with Gasteiger partial charge in [0.05, 0.1) is 11.5 Å². The first-order chi connectivity index (χ1) is 15.8. The fraction of sp³-hybridized carbons (Fsp3) is 0.750. The Bertz CT molecular complexity index is 944. The summed E-state index contributed by atoms with van der Waals surface area (Å²) in [6.45, 7) is 6.84. The summed E-state index contributed by atoms with van der Waals surface area (Å²) in [6.07, 6.45) is -2.25. The Morgan fingerprint density at radius 1 is 1.21 bits per heavy atom. The molecule has 1 aliphatic carbocycles. The van der Waals surface area contributed by atoms with Crippen molar-refractivity contribution in [2.24, 2.45) is 11.8 Å². The van der Waals surface area contributed by atoms with Crippen molar-refractivity contribution < 1.29 is 31.4 Å². The number of ether oxygens (including phenoxy) is 1. The van der Waals surface area contributed by atoms with Crippen LogP contribution >= 0.6 is 0 Å². The molecule has 0 bridgehead atoms. The first kappa shape index (κ1) is 27.2. The van der Waals surface area contributed by atoms with E-state index in [1.54, 1.807) is 12.1 Å². The molecule has 1 aliphatic heterocycles. The number of anilines is 1. The van der Waals surface area contributed by atoms with Crippen molar-refractivity contribution in [2.75, 3.05) is 44.4 Å². The Hall–Kier alpha value is -1.36. The minimum Gasteiger partial charge on any atom is -0.392 e. The maximum Gasteiger partial charge on any atom is 0.417 e. The van der Waals surface area contributed by atoms with Crippen LogP contribution in [0, 0.1) is 11.8 Å². The number of nitrogens with zero attached hydrogens (tertiary/aromatic N) is 2. The van der Waals surface area contributed by atoms with Crippen molar-refractivity contribution in [3.63, 3.8) is 0 Å². The van der Waals surface area contributed by atoms with Crippen molar-refractivity contribution >= 4 is 15.5 Å². The van der Waals surface area contributed by atoms with Gasteiger partial charge in [0, 0.05) is 51.3 Å². The molecule has 1 aromatic rings. The standard InChI is InChI=1S/C24H37F3N2O4S/c1-17(2)21-15-28(20-6-5-19(16-30)22(13-20)34(4,31)32)11-12-29(21)14-18-7-9-23(33-3,10-8-18)24(25,26)27/h5-6,13,17-18,21,30H,7-12,14-16H2,1-4H3/t18-,21-,23+/m1/s1. The van der Waals surface area contributed by atoms with E-state index >= 15 is 0 Å². The van der Waals surface area contributed by atoms with E-state index in [0.717, 1.165) is 32.1 Å². The number of sulfone groups is 1. The summed E-state index contributed by atoms with van der Waals surface area (Å²) in [5, 5.41) is 9.53. The van der Waals surface area contributed by atoms with Gasteiger partial charge in [-0.3, -0.25) is 4.90 Å². The van der Waals surface area contributed by atoms with E-state index in [-0.39, 0.29) is 36.3 Å². The van der Waals surface area contributed by atoms with Crippen LogP contribution in [-0.2, 0) is 21.2 Å². The summed E-state index contributed by atoms with van der Waals surface area (Å²) in [5.41, 5.74) is -0.832. The maximum atomic E-state index is 13.5. The molecule has 1 N–H and O–H groups in total. The van der Waals surface area contributed by atoms with Gasteiger partial charge in [0.1, 0.15) is 0 Å². The Morgan fingerprint density at radius 2 is 1.85 bits per heavy atom. The molecular formula is C24H37F3N2O4S. The molecule has 1 heterocycles. The highest BCUT2D eigenvalue weighted by atomic mass is 32.2. The van der Waals surface area contributed by atoms with Crippen molar-refractivity contribution in [2.45, 2.75) is 68.9 Å². The first-order valence-electron chi connectivity index (χ1n) is 11.9. The van der Waals surface area contributed by atoms with Gasteiger partial charge in [-0.25, -0.2) is 8.42 Å². The summed E-state index contributed by atoms with van der Waals surface area (Å²) in [4.78, 5) is 4.69. The number of alkyl halides is 3. The molecule has 1 saturated carbocycles. The number of methoxy groups -OCH3 is 1. The molecule has 6 nitrogen and oxygen atoms in total. The Kier molecular flexibility index (Phi) is 8.27. The summed E-state index contributed by atoms with van der Waals surface area (Å²) in [5.74, 6) is 0.518. The van der Waals surface area contributed by atoms with Crippen LogP contribution in [-0.4, -0.2) is 75.8 Å². The molecule has 10 heteroatoms. The minimum atomic E-state index is -4.35. The molecule has 1 saturated heterocycles. The summed E-state index contributed by atoms with van der Waals surface area (Å²) in [6, 6.07) is 5.34. The second-order valence-corrected chi connectivity index (χ2v) is 12.1. The van der Waals surface area contributed by atoms with Gasteiger partial charge in [-0.1, -0.05) is 19.9 Å². The highest BCUT2D eigenvalue weighted by Gasteiger charge is 2.56. The summed E-state index contributed by atoms with van der Waals surface area (Å²) in [7, 11) is -2.32. The third kappa shape index (κ3) is 5.71. The molecule has 34 heavy (non-hydrogen) atoms. The van der Waals surface area contributed by atoms with Crippen LogP contribution in [0.5, 0.6) is 0 Å². The molecule has 0 spiro atoms. The maximum absolute atomic E-state index is 13.5. The highest BCUT2D eigenvalue weighted by molar-refractivity contribution is 7.90. The van der Waals surface area contributed by atoms with Crippen molar-refractivity contribution in [3.8, 4) is 0 Å². The molecule has 1 atom stereocenters. The third-order valence-corrected chi connectivity index (χ3v) is 8.78. The van der Waals surface area contributed by atoms with Gasteiger partial charge in [0.15, 0.2) is 15.4 Å². The summed E-state index contributed by atoms with van der Waals surface area (Å²) >= 11 is 0. The second-order valence-electron chi connectivity index (χ2n) is 10.1. The fourth-order valence-corrected chi connectivity index (χ4v) is 6.36. The van der Waals surface area contributed by atoms with Gasteiger partial charge in [-0.2, -0.15) is 13.2 Å². The quantitative estimate of drug-likeness (QED) is 0.606. The van der Waals surface area contributed by atoms with E-state index in [2.05, 4.69) is 23.6 Å². The Morgan fingerprint density at radius 3 is 2.35 bits per heavy atom. The normalized spacial score (nSPS) is 27.4. The molecule has 0 aromatic heterocycles. The second kappa shape index (κ2) is 10.3. The van der Waals surface area contributed by atoms with Crippen LogP contribution in [0.4, 0.5) is 18.9 Å². The lowest BCUT2D eigenvalue weighted by atomic mass is 9.77. The van der Waals surface area contributed by atoms with Gasteiger partial charge in [0.2, 0.25) is 0 Å². The number of rotatable bonds is 7. The largest absolute Gasteiger partial charge is 0.417 e. The van der Waals surface area contributed by atoms with Crippen molar-refractivity contribution in [1.29, 1.82) is 0 Å². The van der Waals surface area contributed by atoms with Gasteiger partial charge >= 0.3 is 6.18 Å². The predicted octanol–water partition coefficient (Wildman–Crippen LogP) is 3.87.